The zero-order valence-corrected chi connectivity index (χ0v) is 11.8. The van der Waals surface area contributed by atoms with Crippen LogP contribution in [0.15, 0.2) is 4.90 Å². The summed E-state index contributed by atoms with van der Waals surface area (Å²) in [6, 6.07) is -0.0579. The molecule has 1 aliphatic heterocycles. The minimum atomic E-state index is -3.49. The van der Waals surface area contributed by atoms with Crippen molar-refractivity contribution in [2.75, 3.05) is 13.1 Å². The molecule has 0 amide bonds. The summed E-state index contributed by atoms with van der Waals surface area (Å²) in [5.41, 5.74) is 1.09. The summed E-state index contributed by atoms with van der Waals surface area (Å²) in [7, 11) is -3.49. The fraction of sp³-hybridized carbons (Fsp3) is 0.727. The molecule has 0 aromatic carbocycles. The third-order valence-electron chi connectivity index (χ3n) is 3.46. The Hall–Kier alpha value is -0.920. The molecule has 7 heteroatoms. The van der Waals surface area contributed by atoms with E-state index in [-0.39, 0.29) is 10.9 Å². The number of rotatable bonds is 3. The molecule has 1 saturated heterocycles. The number of nitrogens with one attached hydrogen (secondary N) is 3. The van der Waals surface area contributed by atoms with Gasteiger partial charge >= 0.3 is 0 Å². The third kappa shape index (κ3) is 2.57. The lowest BCUT2D eigenvalue weighted by molar-refractivity contribution is 0.327. The summed E-state index contributed by atoms with van der Waals surface area (Å²) in [6.07, 6.45) is 0.983. The number of piperidine rings is 1. The second-order valence-electron chi connectivity index (χ2n) is 4.96. The molecule has 0 radical (unpaired) electrons. The van der Waals surface area contributed by atoms with Crippen molar-refractivity contribution in [3.8, 4) is 0 Å². The van der Waals surface area contributed by atoms with E-state index in [1.165, 1.54) is 0 Å². The summed E-state index contributed by atoms with van der Waals surface area (Å²) in [6.45, 7) is 7.11. The number of aryl methyl sites for hydroxylation is 2. The Morgan fingerprint density at radius 1 is 1.39 bits per heavy atom. The van der Waals surface area contributed by atoms with Crippen LogP contribution in [0.2, 0.25) is 0 Å². The molecule has 18 heavy (non-hydrogen) atoms. The summed E-state index contributed by atoms with van der Waals surface area (Å²) >= 11 is 0. The van der Waals surface area contributed by atoms with Crippen molar-refractivity contribution >= 4 is 10.0 Å². The molecule has 3 N–H and O–H groups in total. The summed E-state index contributed by atoms with van der Waals surface area (Å²) in [5.74, 6) is 0.341. The molecule has 1 aromatic heterocycles. The van der Waals surface area contributed by atoms with Crippen LogP contribution in [0.3, 0.4) is 0 Å². The van der Waals surface area contributed by atoms with Gasteiger partial charge in [-0.1, -0.05) is 6.92 Å². The lowest BCUT2D eigenvalue weighted by Gasteiger charge is -2.29. The van der Waals surface area contributed by atoms with Crippen LogP contribution in [-0.4, -0.2) is 37.7 Å². The largest absolute Gasteiger partial charge is 0.315 e. The molecule has 102 valence electrons. The summed E-state index contributed by atoms with van der Waals surface area (Å²) < 4.78 is 27.5. The van der Waals surface area contributed by atoms with E-state index in [2.05, 4.69) is 27.2 Å². The van der Waals surface area contributed by atoms with E-state index in [9.17, 15) is 8.42 Å². The smallest absolute Gasteiger partial charge is 0.244 e. The number of hydrogen-bond donors (Lipinski definition) is 3. The normalized spacial score (nSPS) is 25.3. The van der Waals surface area contributed by atoms with Crippen molar-refractivity contribution in [3.05, 3.63) is 11.4 Å². The molecule has 1 aromatic rings. The van der Waals surface area contributed by atoms with Crippen molar-refractivity contribution in [1.82, 2.24) is 20.2 Å². The Morgan fingerprint density at radius 3 is 2.67 bits per heavy atom. The van der Waals surface area contributed by atoms with Crippen molar-refractivity contribution < 1.29 is 8.42 Å². The Labute approximate surface area is 108 Å². The Bertz CT molecular complexity index is 504. The number of sulfonamides is 1. The number of nitrogens with zero attached hydrogens (tertiary/aromatic N) is 1. The van der Waals surface area contributed by atoms with E-state index >= 15 is 0 Å². The number of aromatic nitrogens is 2. The summed E-state index contributed by atoms with van der Waals surface area (Å²) in [4.78, 5) is 0.278. The van der Waals surface area contributed by atoms with Crippen molar-refractivity contribution in [1.29, 1.82) is 0 Å². The average Bonchev–Trinajstić information content (AvgIpc) is 2.62. The van der Waals surface area contributed by atoms with E-state index in [1.54, 1.807) is 13.8 Å². The SMILES string of the molecule is Cc1n[nH]c(C)c1S(=O)(=O)N[C@@H]1CNCC[C@@H]1C. The van der Waals surface area contributed by atoms with Gasteiger partial charge in [-0.15, -0.1) is 0 Å². The van der Waals surface area contributed by atoms with Gasteiger partial charge in [0.15, 0.2) is 0 Å². The monoisotopic (exact) mass is 272 g/mol. The van der Waals surface area contributed by atoms with Crippen molar-refractivity contribution in [3.63, 3.8) is 0 Å². The van der Waals surface area contributed by atoms with Gasteiger partial charge in [0, 0.05) is 12.6 Å². The molecule has 2 atom stereocenters. The standard InChI is InChI=1S/C11H20N4O2S/c1-7-4-5-12-6-10(7)15-18(16,17)11-8(2)13-14-9(11)3/h7,10,12,15H,4-6H2,1-3H3,(H,13,14)/t7-,10+/m0/s1. The second kappa shape index (κ2) is 4.99. The zero-order chi connectivity index (χ0) is 13.3. The van der Waals surface area contributed by atoms with Gasteiger partial charge < -0.3 is 5.32 Å². The van der Waals surface area contributed by atoms with Gasteiger partial charge in [0.05, 0.1) is 11.4 Å². The van der Waals surface area contributed by atoms with Gasteiger partial charge in [0.1, 0.15) is 4.90 Å². The Kier molecular flexibility index (Phi) is 3.74. The fourth-order valence-electron chi connectivity index (χ4n) is 2.34. The van der Waals surface area contributed by atoms with Crippen LogP contribution in [0.25, 0.3) is 0 Å². The maximum atomic E-state index is 12.3. The van der Waals surface area contributed by atoms with E-state index < -0.39 is 10.0 Å². The lowest BCUT2D eigenvalue weighted by Crippen LogP contribution is -2.50. The molecular formula is C11H20N4O2S. The van der Waals surface area contributed by atoms with Crippen LogP contribution in [0.5, 0.6) is 0 Å². The molecule has 2 heterocycles. The predicted molar refractivity (Wildman–Crippen MR) is 68.8 cm³/mol. The van der Waals surface area contributed by atoms with Gasteiger partial charge in [0.2, 0.25) is 10.0 Å². The van der Waals surface area contributed by atoms with Gasteiger partial charge in [-0.05, 0) is 32.7 Å². The van der Waals surface area contributed by atoms with E-state index in [4.69, 9.17) is 0 Å². The molecule has 0 aliphatic carbocycles. The highest BCUT2D eigenvalue weighted by atomic mass is 32.2. The lowest BCUT2D eigenvalue weighted by atomic mass is 9.96. The van der Waals surface area contributed by atoms with Gasteiger partial charge in [-0.3, -0.25) is 5.10 Å². The first kappa shape index (κ1) is 13.5. The maximum absolute atomic E-state index is 12.3. The number of hydrogen-bond acceptors (Lipinski definition) is 4. The first-order valence-electron chi connectivity index (χ1n) is 6.16. The number of H-pyrrole nitrogens is 1. The first-order valence-corrected chi connectivity index (χ1v) is 7.64. The van der Waals surface area contributed by atoms with Gasteiger partial charge in [0.25, 0.3) is 0 Å². The van der Waals surface area contributed by atoms with Crippen LogP contribution >= 0.6 is 0 Å². The van der Waals surface area contributed by atoms with Crippen molar-refractivity contribution in [2.45, 2.75) is 38.1 Å². The predicted octanol–water partition coefficient (Wildman–Crippen LogP) is 0.303. The van der Waals surface area contributed by atoms with Crippen LogP contribution in [0, 0.1) is 19.8 Å². The zero-order valence-electron chi connectivity index (χ0n) is 10.9. The topological polar surface area (TPSA) is 86.9 Å². The maximum Gasteiger partial charge on any atom is 0.244 e. The minimum Gasteiger partial charge on any atom is -0.315 e. The van der Waals surface area contributed by atoms with Crippen LogP contribution in [0.4, 0.5) is 0 Å². The highest BCUT2D eigenvalue weighted by molar-refractivity contribution is 7.89. The highest BCUT2D eigenvalue weighted by Crippen LogP contribution is 2.19. The van der Waals surface area contributed by atoms with Gasteiger partial charge in [-0.25, -0.2) is 13.1 Å². The molecule has 0 saturated carbocycles. The molecule has 1 aliphatic rings. The van der Waals surface area contributed by atoms with E-state index in [1.807, 2.05) is 0 Å². The van der Waals surface area contributed by atoms with E-state index in [0.717, 1.165) is 13.0 Å². The van der Waals surface area contributed by atoms with Crippen LogP contribution in [-0.2, 0) is 10.0 Å². The minimum absolute atomic E-state index is 0.0579. The Balaban J connectivity index is 2.22. The Morgan fingerprint density at radius 2 is 2.11 bits per heavy atom. The van der Waals surface area contributed by atoms with Crippen LogP contribution < -0.4 is 10.0 Å². The van der Waals surface area contributed by atoms with Crippen LogP contribution in [0.1, 0.15) is 24.7 Å². The molecule has 0 unspecified atom stereocenters. The summed E-state index contributed by atoms with van der Waals surface area (Å²) in [5, 5.41) is 9.85. The second-order valence-corrected chi connectivity index (χ2v) is 6.61. The molecular weight excluding hydrogens is 252 g/mol. The average molecular weight is 272 g/mol. The van der Waals surface area contributed by atoms with E-state index in [0.29, 0.717) is 23.9 Å². The number of aromatic amines is 1. The first-order chi connectivity index (χ1) is 8.42. The quantitative estimate of drug-likeness (QED) is 0.739. The van der Waals surface area contributed by atoms with Crippen molar-refractivity contribution in [2.24, 2.45) is 5.92 Å². The molecule has 2 rings (SSSR count). The van der Waals surface area contributed by atoms with Gasteiger partial charge in [-0.2, -0.15) is 5.10 Å². The highest BCUT2D eigenvalue weighted by Gasteiger charge is 2.29. The molecule has 1 fully saturated rings. The molecule has 6 nitrogen and oxygen atoms in total. The fourth-order valence-corrected chi connectivity index (χ4v) is 4.06. The molecule has 0 bridgehead atoms. The molecule has 0 spiro atoms. The third-order valence-corrected chi connectivity index (χ3v) is 5.22.